The van der Waals surface area contributed by atoms with Crippen molar-refractivity contribution in [2.45, 2.75) is 39.3 Å². The average Bonchev–Trinajstić information content (AvgIpc) is 2.29. The molecule has 0 heterocycles. The topological polar surface area (TPSA) is 33.7 Å². The number of ether oxygens (including phenoxy) is 2. The molecule has 0 aromatic heterocycles. The second kappa shape index (κ2) is 11.0. The molecule has 1 N–H and O–H groups in total. The summed E-state index contributed by atoms with van der Waals surface area (Å²) < 4.78 is 10.2. The molecule has 0 aliphatic rings. The fourth-order valence-corrected chi connectivity index (χ4v) is 1.95. The van der Waals surface area contributed by atoms with Crippen molar-refractivity contribution in [3.8, 4) is 0 Å². The number of hydrogen-bond donors (Lipinski definition) is 1. The van der Waals surface area contributed by atoms with Gasteiger partial charge in [0.1, 0.15) is 0 Å². The lowest BCUT2D eigenvalue weighted by molar-refractivity contribution is 0.101. The molecular formula is C13H30N2O2. The molecule has 0 saturated heterocycles. The predicted octanol–water partition coefficient (Wildman–Crippen LogP) is 1.36. The zero-order valence-corrected chi connectivity index (χ0v) is 12.2. The molecule has 0 aliphatic carbocycles. The minimum absolute atomic E-state index is 0.535. The highest BCUT2D eigenvalue weighted by atomic mass is 16.5. The van der Waals surface area contributed by atoms with Crippen molar-refractivity contribution in [2.75, 3.05) is 47.1 Å². The third-order valence-electron chi connectivity index (χ3n) is 2.92. The summed E-state index contributed by atoms with van der Waals surface area (Å²) in [6.45, 7) is 11.4. The van der Waals surface area contributed by atoms with Crippen LogP contribution in [0.2, 0.25) is 0 Å². The zero-order valence-electron chi connectivity index (χ0n) is 12.2. The summed E-state index contributed by atoms with van der Waals surface area (Å²) in [5.74, 6) is 0. The van der Waals surface area contributed by atoms with Gasteiger partial charge in [-0.1, -0.05) is 0 Å². The predicted molar refractivity (Wildman–Crippen MR) is 72.5 cm³/mol. The molecule has 0 aromatic carbocycles. The summed E-state index contributed by atoms with van der Waals surface area (Å²) in [6, 6.07) is 1.09. The molecule has 1 atom stereocenters. The Labute approximate surface area is 107 Å². The standard InChI is InChI=1S/C13H30N2O2/c1-12(2)15(8-10-17-5)13(3)11-14-7-6-9-16-4/h12-14H,6-11H2,1-5H3. The first-order valence-corrected chi connectivity index (χ1v) is 6.57. The molecule has 0 aliphatic heterocycles. The maximum absolute atomic E-state index is 5.15. The van der Waals surface area contributed by atoms with Crippen LogP contribution in [0, 0.1) is 0 Å². The molecule has 1 unspecified atom stereocenters. The zero-order chi connectivity index (χ0) is 13.1. The molecule has 0 spiro atoms. The van der Waals surface area contributed by atoms with Crippen molar-refractivity contribution < 1.29 is 9.47 Å². The van der Waals surface area contributed by atoms with Gasteiger partial charge in [-0.15, -0.1) is 0 Å². The quantitative estimate of drug-likeness (QED) is 0.558. The smallest absolute Gasteiger partial charge is 0.0589 e. The maximum Gasteiger partial charge on any atom is 0.0589 e. The second-order valence-corrected chi connectivity index (χ2v) is 4.72. The van der Waals surface area contributed by atoms with Crippen molar-refractivity contribution in [3.63, 3.8) is 0 Å². The lowest BCUT2D eigenvalue weighted by Crippen LogP contribution is -2.45. The van der Waals surface area contributed by atoms with Gasteiger partial charge >= 0.3 is 0 Å². The van der Waals surface area contributed by atoms with E-state index in [2.05, 4.69) is 31.0 Å². The first kappa shape index (κ1) is 16.8. The molecule has 0 saturated carbocycles. The number of methoxy groups -OCH3 is 2. The van der Waals surface area contributed by atoms with Gasteiger partial charge in [-0.05, 0) is 33.7 Å². The van der Waals surface area contributed by atoms with Crippen molar-refractivity contribution in [2.24, 2.45) is 0 Å². The van der Waals surface area contributed by atoms with Crippen LogP contribution in [0.5, 0.6) is 0 Å². The first-order chi connectivity index (χ1) is 8.13. The SMILES string of the molecule is COCCCNCC(C)N(CCOC)C(C)C. The maximum atomic E-state index is 5.15. The van der Waals surface area contributed by atoms with E-state index in [-0.39, 0.29) is 0 Å². The Kier molecular flexibility index (Phi) is 10.9. The van der Waals surface area contributed by atoms with Gasteiger partial charge in [-0.25, -0.2) is 0 Å². The molecule has 0 fully saturated rings. The summed E-state index contributed by atoms with van der Waals surface area (Å²) in [5.41, 5.74) is 0. The molecular weight excluding hydrogens is 216 g/mol. The Morgan fingerprint density at radius 2 is 1.71 bits per heavy atom. The van der Waals surface area contributed by atoms with Crippen LogP contribution >= 0.6 is 0 Å². The van der Waals surface area contributed by atoms with Gasteiger partial charge < -0.3 is 14.8 Å². The Bertz CT molecular complexity index is 165. The van der Waals surface area contributed by atoms with Gasteiger partial charge in [0.15, 0.2) is 0 Å². The molecule has 0 amide bonds. The molecule has 104 valence electrons. The van der Waals surface area contributed by atoms with E-state index < -0.39 is 0 Å². The summed E-state index contributed by atoms with van der Waals surface area (Å²) >= 11 is 0. The third kappa shape index (κ3) is 8.55. The highest BCUT2D eigenvalue weighted by Gasteiger charge is 2.15. The van der Waals surface area contributed by atoms with Crippen LogP contribution < -0.4 is 5.32 Å². The van der Waals surface area contributed by atoms with Crippen LogP contribution in [0.15, 0.2) is 0 Å². The normalized spacial score (nSPS) is 13.6. The molecule has 17 heavy (non-hydrogen) atoms. The molecule has 0 aromatic rings. The summed E-state index contributed by atoms with van der Waals surface area (Å²) in [7, 11) is 3.50. The van der Waals surface area contributed by atoms with Crippen molar-refractivity contribution >= 4 is 0 Å². The number of nitrogens with zero attached hydrogens (tertiary/aromatic N) is 1. The highest BCUT2D eigenvalue weighted by Crippen LogP contribution is 2.04. The van der Waals surface area contributed by atoms with Crippen molar-refractivity contribution in [1.29, 1.82) is 0 Å². The first-order valence-electron chi connectivity index (χ1n) is 6.57. The summed E-state index contributed by atoms with van der Waals surface area (Å²) in [4.78, 5) is 2.47. The molecule has 4 nitrogen and oxygen atoms in total. The van der Waals surface area contributed by atoms with E-state index in [4.69, 9.17) is 9.47 Å². The van der Waals surface area contributed by atoms with E-state index in [1.165, 1.54) is 0 Å². The fourth-order valence-electron chi connectivity index (χ4n) is 1.95. The van der Waals surface area contributed by atoms with E-state index in [0.717, 1.165) is 39.3 Å². The van der Waals surface area contributed by atoms with Crippen LogP contribution in [-0.4, -0.2) is 64.1 Å². The lowest BCUT2D eigenvalue weighted by Gasteiger charge is -2.32. The summed E-state index contributed by atoms with van der Waals surface area (Å²) in [6.07, 6.45) is 1.07. The van der Waals surface area contributed by atoms with Crippen LogP contribution in [0.1, 0.15) is 27.2 Å². The van der Waals surface area contributed by atoms with Crippen LogP contribution in [0.4, 0.5) is 0 Å². The van der Waals surface area contributed by atoms with E-state index in [0.29, 0.717) is 12.1 Å². The second-order valence-electron chi connectivity index (χ2n) is 4.72. The Morgan fingerprint density at radius 1 is 1.06 bits per heavy atom. The van der Waals surface area contributed by atoms with Gasteiger partial charge in [-0.3, -0.25) is 4.90 Å². The van der Waals surface area contributed by atoms with Crippen LogP contribution in [0.25, 0.3) is 0 Å². The fraction of sp³-hybridized carbons (Fsp3) is 1.00. The molecule has 0 rings (SSSR count). The Morgan fingerprint density at radius 3 is 2.24 bits per heavy atom. The van der Waals surface area contributed by atoms with Gasteiger partial charge in [0.05, 0.1) is 6.61 Å². The van der Waals surface area contributed by atoms with Gasteiger partial charge in [0.2, 0.25) is 0 Å². The van der Waals surface area contributed by atoms with E-state index >= 15 is 0 Å². The molecule has 0 radical (unpaired) electrons. The molecule has 4 heteroatoms. The largest absolute Gasteiger partial charge is 0.385 e. The van der Waals surface area contributed by atoms with Crippen molar-refractivity contribution in [3.05, 3.63) is 0 Å². The minimum atomic E-state index is 0.535. The monoisotopic (exact) mass is 246 g/mol. The third-order valence-corrected chi connectivity index (χ3v) is 2.92. The van der Waals surface area contributed by atoms with E-state index in [1.54, 1.807) is 14.2 Å². The highest BCUT2D eigenvalue weighted by molar-refractivity contribution is 4.72. The number of rotatable bonds is 11. The summed E-state index contributed by atoms with van der Waals surface area (Å²) in [5, 5.41) is 3.47. The van der Waals surface area contributed by atoms with Crippen LogP contribution in [-0.2, 0) is 9.47 Å². The van der Waals surface area contributed by atoms with Gasteiger partial charge in [0.25, 0.3) is 0 Å². The average molecular weight is 246 g/mol. The van der Waals surface area contributed by atoms with E-state index in [9.17, 15) is 0 Å². The minimum Gasteiger partial charge on any atom is -0.385 e. The van der Waals surface area contributed by atoms with Crippen LogP contribution in [0.3, 0.4) is 0 Å². The number of nitrogens with one attached hydrogen (secondary N) is 1. The van der Waals surface area contributed by atoms with Crippen molar-refractivity contribution in [1.82, 2.24) is 10.2 Å². The van der Waals surface area contributed by atoms with Gasteiger partial charge in [-0.2, -0.15) is 0 Å². The van der Waals surface area contributed by atoms with E-state index in [1.807, 2.05) is 0 Å². The number of hydrogen-bond acceptors (Lipinski definition) is 4. The van der Waals surface area contributed by atoms with Gasteiger partial charge in [0, 0.05) is 46.0 Å². The Balaban J connectivity index is 3.76. The Hall–Kier alpha value is -0.160. The lowest BCUT2D eigenvalue weighted by atomic mass is 10.2. The molecule has 0 bridgehead atoms.